The summed E-state index contributed by atoms with van der Waals surface area (Å²) < 4.78 is 22.7. The van der Waals surface area contributed by atoms with E-state index in [9.17, 15) is 20.4 Å². The summed E-state index contributed by atoms with van der Waals surface area (Å²) in [6.45, 7) is 8.34. The van der Waals surface area contributed by atoms with Crippen LogP contribution in [0.2, 0.25) is 0 Å². The Balaban J connectivity index is 1.52. The third-order valence-corrected chi connectivity index (χ3v) is 7.66. The van der Waals surface area contributed by atoms with Crippen LogP contribution in [0.5, 0.6) is 23.0 Å². The molecule has 1 aromatic heterocycles. The Hall–Kier alpha value is -4.29. The molecule has 4 unspecified atom stereocenters. The van der Waals surface area contributed by atoms with Crippen molar-refractivity contribution < 1.29 is 39.4 Å². The van der Waals surface area contributed by atoms with Crippen LogP contribution in [0, 0.1) is 0 Å². The summed E-state index contributed by atoms with van der Waals surface area (Å²) in [6, 6.07) is 18.7. The lowest BCUT2D eigenvalue weighted by molar-refractivity contribution is -0.0213. The molecule has 0 saturated heterocycles. The first-order valence-electron chi connectivity index (χ1n) is 16.5. The molecule has 0 fully saturated rings. The Bertz CT molecular complexity index is 1570. The number of aliphatic hydroxyl groups is 2. The molecule has 4 atom stereocenters. The van der Waals surface area contributed by atoms with Crippen molar-refractivity contribution >= 4 is 0 Å². The van der Waals surface area contributed by atoms with Gasteiger partial charge in [-0.1, -0.05) is 57.0 Å². The van der Waals surface area contributed by atoms with Crippen LogP contribution in [0.15, 0.2) is 66.7 Å². The van der Waals surface area contributed by atoms with E-state index in [0.717, 1.165) is 31.2 Å². The van der Waals surface area contributed by atoms with Gasteiger partial charge in [-0.15, -0.1) is 0 Å². The number of rotatable bonds is 19. The molecule has 1 heterocycles. The minimum absolute atomic E-state index is 0.00284. The summed E-state index contributed by atoms with van der Waals surface area (Å²) in [5.74, 6) is 1.15. The second-order valence-corrected chi connectivity index (χ2v) is 11.8. The third kappa shape index (κ3) is 10.9. The van der Waals surface area contributed by atoms with Crippen molar-refractivity contribution in [1.82, 2.24) is 15.0 Å². The molecule has 0 aliphatic carbocycles. The van der Waals surface area contributed by atoms with Gasteiger partial charge in [0.15, 0.2) is 17.5 Å². The quantitative estimate of drug-likeness (QED) is 0.0911. The largest absolute Gasteiger partial charge is 0.507 e. The van der Waals surface area contributed by atoms with Crippen LogP contribution in [0.4, 0.5) is 0 Å². The molecule has 0 saturated carbocycles. The Morgan fingerprint density at radius 2 is 1.12 bits per heavy atom. The standard InChI is InChI=1S/C37H47N3O8/c1-5-7-11-25(4)46-21-28(42)23-48-30-15-17-32(34(44)19-30)37-39-35(26-12-9-8-10-13-26)38-36(40-37)31-16-14-29(18-33(31)43)47-22-27(41)20-45-24(3)6-2/h8-10,12-19,24-25,27-28,41-44H,5-7,11,20-23H2,1-4H3. The summed E-state index contributed by atoms with van der Waals surface area (Å²) in [6.07, 6.45) is 2.37. The Morgan fingerprint density at radius 1 is 0.625 bits per heavy atom. The molecule has 3 aromatic carbocycles. The van der Waals surface area contributed by atoms with E-state index in [0.29, 0.717) is 28.5 Å². The van der Waals surface area contributed by atoms with Gasteiger partial charge in [-0.05, 0) is 51.0 Å². The monoisotopic (exact) mass is 661 g/mol. The third-order valence-electron chi connectivity index (χ3n) is 7.66. The fraction of sp³-hybridized carbons (Fsp3) is 0.432. The van der Waals surface area contributed by atoms with Crippen molar-refractivity contribution in [3.8, 4) is 57.2 Å². The lowest BCUT2D eigenvalue weighted by Gasteiger charge is -2.17. The van der Waals surface area contributed by atoms with Gasteiger partial charge in [0.2, 0.25) is 0 Å². The van der Waals surface area contributed by atoms with E-state index in [4.69, 9.17) is 18.9 Å². The van der Waals surface area contributed by atoms with E-state index in [2.05, 4.69) is 21.9 Å². The predicted octanol–water partition coefficient (Wildman–Crippen LogP) is 6.17. The number of ether oxygens (including phenoxy) is 4. The summed E-state index contributed by atoms with van der Waals surface area (Å²) in [5, 5.41) is 42.5. The molecule has 258 valence electrons. The maximum Gasteiger partial charge on any atom is 0.167 e. The Morgan fingerprint density at radius 3 is 1.60 bits per heavy atom. The highest BCUT2D eigenvalue weighted by atomic mass is 16.5. The molecule has 11 heteroatoms. The number of phenols is 2. The van der Waals surface area contributed by atoms with Crippen molar-refractivity contribution in [2.24, 2.45) is 0 Å². The number of hydrogen-bond acceptors (Lipinski definition) is 11. The normalized spacial score (nSPS) is 13.9. The Labute approximate surface area is 282 Å². The number of aromatic hydroxyl groups is 2. The molecule has 4 aromatic rings. The molecule has 4 rings (SSSR count). The average molecular weight is 662 g/mol. The molecule has 0 aliphatic heterocycles. The first-order valence-corrected chi connectivity index (χ1v) is 16.5. The van der Waals surface area contributed by atoms with Gasteiger partial charge in [0.1, 0.15) is 48.4 Å². The van der Waals surface area contributed by atoms with Crippen molar-refractivity contribution in [2.45, 2.75) is 77.8 Å². The maximum atomic E-state index is 11.0. The Kier molecular flexibility index (Phi) is 13.9. The first kappa shape index (κ1) is 36.5. The second kappa shape index (κ2) is 18.3. The van der Waals surface area contributed by atoms with Crippen molar-refractivity contribution in [3.63, 3.8) is 0 Å². The van der Waals surface area contributed by atoms with Crippen LogP contribution in [0.1, 0.15) is 53.4 Å². The molecular formula is C37H47N3O8. The van der Waals surface area contributed by atoms with Crippen LogP contribution >= 0.6 is 0 Å². The topological polar surface area (TPSA) is 157 Å². The van der Waals surface area contributed by atoms with Gasteiger partial charge in [-0.25, -0.2) is 15.0 Å². The molecule has 4 N–H and O–H groups in total. The molecule has 11 nitrogen and oxygen atoms in total. The number of benzene rings is 3. The van der Waals surface area contributed by atoms with Crippen molar-refractivity contribution in [2.75, 3.05) is 26.4 Å². The second-order valence-electron chi connectivity index (χ2n) is 11.8. The lowest BCUT2D eigenvalue weighted by atomic mass is 10.1. The summed E-state index contributed by atoms with van der Waals surface area (Å²) in [5.41, 5.74) is 1.36. The van der Waals surface area contributed by atoms with E-state index < -0.39 is 12.2 Å². The molecule has 0 bridgehead atoms. The van der Waals surface area contributed by atoms with Crippen molar-refractivity contribution in [1.29, 1.82) is 0 Å². The fourth-order valence-electron chi connectivity index (χ4n) is 4.64. The molecular weight excluding hydrogens is 614 g/mol. The van der Waals surface area contributed by atoms with E-state index >= 15 is 0 Å². The molecule has 0 amide bonds. The summed E-state index contributed by atoms with van der Waals surface area (Å²) in [4.78, 5) is 13.9. The van der Waals surface area contributed by atoms with E-state index in [1.807, 2.05) is 51.1 Å². The van der Waals surface area contributed by atoms with E-state index in [1.54, 1.807) is 24.3 Å². The van der Waals surface area contributed by atoms with E-state index in [1.165, 1.54) is 12.1 Å². The zero-order valence-electron chi connectivity index (χ0n) is 28.1. The molecule has 48 heavy (non-hydrogen) atoms. The zero-order chi connectivity index (χ0) is 34.5. The molecule has 0 spiro atoms. The molecule has 0 aliphatic rings. The van der Waals surface area contributed by atoms with Gasteiger partial charge in [0, 0.05) is 17.7 Å². The van der Waals surface area contributed by atoms with Crippen LogP contribution < -0.4 is 9.47 Å². The lowest BCUT2D eigenvalue weighted by Crippen LogP contribution is -2.26. The number of hydrogen-bond donors (Lipinski definition) is 4. The highest BCUT2D eigenvalue weighted by molar-refractivity contribution is 5.72. The van der Waals surface area contributed by atoms with Crippen LogP contribution in [-0.4, -0.2) is 86.2 Å². The highest BCUT2D eigenvalue weighted by Crippen LogP contribution is 2.35. The van der Waals surface area contributed by atoms with Gasteiger partial charge < -0.3 is 39.4 Å². The van der Waals surface area contributed by atoms with Crippen molar-refractivity contribution in [3.05, 3.63) is 66.7 Å². The zero-order valence-corrected chi connectivity index (χ0v) is 28.1. The number of phenolic OH excluding ortho intramolecular Hbond substituents is 2. The minimum Gasteiger partial charge on any atom is -0.507 e. The number of unbranched alkanes of at least 4 members (excludes halogenated alkanes) is 1. The van der Waals surface area contributed by atoms with Gasteiger partial charge in [0.25, 0.3) is 0 Å². The highest BCUT2D eigenvalue weighted by Gasteiger charge is 2.18. The van der Waals surface area contributed by atoms with E-state index in [-0.39, 0.29) is 61.8 Å². The van der Waals surface area contributed by atoms with Gasteiger partial charge >= 0.3 is 0 Å². The molecule has 0 radical (unpaired) electrons. The SMILES string of the molecule is CCCCC(C)OCC(O)COc1ccc(-c2nc(-c3ccccc3)nc(-c3ccc(OCC(O)COC(C)CC)cc3O)n2)c(O)c1. The predicted molar refractivity (Wildman–Crippen MR) is 183 cm³/mol. The van der Waals surface area contributed by atoms with Gasteiger partial charge in [0.05, 0.1) is 36.5 Å². The van der Waals surface area contributed by atoms with Gasteiger partial charge in [-0.2, -0.15) is 0 Å². The van der Waals surface area contributed by atoms with Crippen LogP contribution in [-0.2, 0) is 9.47 Å². The van der Waals surface area contributed by atoms with Crippen LogP contribution in [0.25, 0.3) is 34.2 Å². The van der Waals surface area contributed by atoms with Gasteiger partial charge in [-0.3, -0.25) is 0 Å². The number of nitrogens with zero attached hydrogens (tertiary/aromatic N) is 3. The van der Waals surface area contributed by atoms with Crippen LogP contribution in [0.3, 0.4) is 0 Å². The summed E-state index contributed by atoms with van der Waals surface area (Å²) in [7, 11) is 0. The first-order chi connectivity index (χ1) is 23.2. The minimum atomic E-state index is -0.826. The summed E-state index contributed by atoms with van der Waals surface area (Å²) >= 11 is 0. The number of aliphatic hydroxyl groups excluding tert-OH is 2. The smallest absolute Gasteiger partial charge is 0.167 e. The fourth-order valence-corrected chi connectivity index (χ4v) is 4.64. The number of aromatic nitrogens is 3. The average Bonchev–Trinajstić information content (AvgIpc) is 3.10. The maximum absolute atomic E-state index is 11.0.